The van der Waals surface area contributed by atoms with Crippen LogP contribution in [0, 0.1) is 37.3 Å². The first-order chi connectivity index (χ1) is 29.9. The normalized spacial score (nSPS) is 15.2. The van der Waals surface area contributed by atoms with E-state index in [0.717, 1.165) is 59.6 Å². The van der Waals surface area contributed by atoms with Crippen LogP contribution in [0.2, 0.25) is 0 Å². The van der Waals surface area contributed by atoms with Gasteiger partial charge in [-0.25, -0.2) is 28.7 Å². The number of hydrogen-bond acceptors (Lipinski definition) is 11. The Balaban J connectivity index is 0.000000229. The minimum Gasteiger partial charge on any atom is -0.481 e. The van der Waals surface area contributed by atoms with Gasteiger partial charge in [-0.3, -0.25) is 19.2 Å². The molecule has 3 amide bonds. The third kappa shape index (κ3) is 16.1. The maximum Gasteiger partial charge on any atom is 0.303 e. The van der Waals surface area contributed by atoms with Crippen molar-refractivity contribution in [1.82, 2.24) is 35.1 Å². The summed E-state index contributed by atoms with van der Waals surface area (Å²) in [4.78, 5) is 66.3. The Morgan fingerprint density at radius 2 is 1.10 bits per heavy atom. The van der Waals surface area contributed by atoms with Crippen LogP contribution in [0.25, 0.3) is 0 Å². The molecule has 0 saturated heterocycles. The number of aromatic nitrogens is 4. The number of carbonyl (C=O) groups excluding carboxylic acids is 3. The number of nitrogens with zero attached hydrogens (tertiary/aromatic N) is 6. The number of nitrogens with two attached hydrogens (primary N) is 3. The number of carboxylic acids is 1. The summed E-state index contributed by atoms with van der Waals surface area (Å²) in [5.74, 6) is -0.796. The van der Waals surface area contributed by atoms with Crippen molar-refractivity contribution in [2.24, 2.45) is 29.0 Å². The van der Waals surface area contributed by atoms with Gasteiger partial charge in [0.1, 0.15) is 23.3 Å². The maximum atomic E-state index is 14.1. The molecule has 2 aromatic heterocycles. The Bertz CT molecular complexity index is 2150. The highest BCUT2D eigenvalue weighted by molar-refractivity contribution is 5.93. The molecule has 2 fully saturated rings. The van der Waals surface area contributed by atoms with Gasteiger partial charge in [-0.2, -0.15) is 0 Å². The number of halogens is 2. The lowest BCUT2D eigenvalue weighted by atomic mass is 9.92. The van der Waals surface area contributed by atoms with Crippen LogP contribution in [-0.4, -0.2) is 112 Å². The fraction of sp³-hybridized carbons (Fsp3) is 0.478. The summed E-state index contributed by atoms with van der Waals surface area (Å²) >= 11 is 0. The van der Waals surface area contributed by atoms with Crippen molar-refractivity contribution in [3.63, 3.8) is 0 Å². The lowest BCUT2D eigenvalue weighted by Gasteiger charge is -2.25. The molecule has 0 spiro atoms. The predicted molar refractivity (Wildman–Crippen MR) is 236 cm³/mol. The van der Waals surface area contributed by atoms with E-state index in [2.05, 4.69) is 25.3 Å². The zero-order chi connectivity index (χ0) is 46.4. The van der Waals surface area contributed by atoms with Crippen LogP contribution >= 0.6 is 0 Å². The van der Waals surface area contributed by atoms with Crippen molar-refractivity contribution in [3.8, 4) is 0 Å². The second kappa shape index (κ2) is 23.6. The molecular weight excluding hydrogens is 811 g/mol. The molecule has 6 rings (SSSR count). The quantitative estimate of drug-likeness (QED) is 0.0887. The number of carboxylic acid groups (broad SMARTS) is 1. The molecule has 17 heteroatoms. The Labute approximate surface area is 368 Å². The highest BCUT2D eigenvalue weighted by Gasteiger charge is 2.35. The number of aryl methyl sites for hydroxylation is 2. The molecule has 2 aromatic carbocycles. The standard InChI is InChI=1S/C23H30FN5O2.C12H18FN3O.C11H14N2O2/c1-14-26-11-17(12-27-14)20(16-5-6-16)10-22(30)28-13-18(29(2)3)8-15-4-7-19(23(25)31)21(24)9-15;1-16(2)9(7-14)5-8-3-4-10(12(15)17)11(13)6-8;1-7-12-5-9(6-13-7)10(4-11(14)15)8-2-3-8/h4,7,9,11-12,16,18,20H,5-6,8,10,13H2,1-3H3,(H2,25,31)(H,28,30);3-4,6,9H,5,7,14H2,1-2H3,(H2,15,17);5-6,8,10H,2-4H2,1H3,(H,14,15)/t18-,20-;9-;10-/m000/s1. The van der Waals surface area contributed by atoms with E-state index in [1.807, 2.05) is 64.2 Å². The molecule has 0 aliphatic heterocycles. The van der Waals surface area contributed by atoms with Gasteiger partial charge in [0, 0.05) is 62.3 Å². The molecule has 2 aliphatic carbocycles. The van der Waals surface area contributed by atoms with Crippen LogP contribution < -0.4 is 22.5 Å². The van der Waals surface area contributed by atoms with Gasteiger partial charge in [0.05, 0.1) is 17.5 Å². The van der Waals surface area contributed by atoms with Crippen molar-refractivity contribution in [2.45, 2.75) is 89.1 Å². The van der Waals surface area contributed by atoms with Gasteiger partial charge in [-0.15, -0.1) is 0 Å². The smallest absolute Gasteiger partial charge is 0.303 e. The summed E-state index contributed by atoms with van der Waals surface area (Å²) in [5.41, 5.74) is 19.1. The number of likely N-dealkylation sites (N-methyl/N-ethyl adjacent to an activating group) is 2. The minimum absolute atomic E-state index is 0.0143. The van der Waals surface area contributed by atoms with Crippen molar-refractivity contribution < 1.29 is 33.1 Å². The average molecular weight is 873 g/mol. The molecule has 15 nitrogen and oxygen atoms in total. The fourth-order valence-electron chi connectivity index (χ4n) is 7.22. The van der Waals surface area contributed by atoms with Crippen molar-refractivity contribution in [2.75, 3.05) is 41.3 Å². The molecule has 63 heavy (non-hydrogen) atoms. The number of nitrogens with one attached hydrogen (secondary N) is 1. The van der Waals surface area contributed by atoms with E-state index >= 15 is 0 Å². The van der Waals surface area contributed by atoms with Crippen LogP contribution in [0.4, 0.5) is 8.78 Å². The maximum absolute atomic E-state index is 14.1. The zero-order valence-electron chi connectivity index (χ0n) is 37.1. The first kappa shape index (κ1) is 49.9. The Morgan fingerprint density at radius 1 is 0.698 bits per heavy atom. The zero-order valence-corrected chi connectivity index (χ0v) is 37.1. The number of amides is 3. The van der Waals surface area contributed by atoms with Crippen molar-refractivity contribution in [1.29, 1.82) is 0 Å². The highest BCUT2D eigenvalue weighted by atomic mass is 19.1. The molecular formula is C46H62F2N10O5. The topological polar surface area (TPSA) is 237 Å². The predicted octanol–water partition coefficient (Wildman–Crippen LogP) is 4.31. The molecule has 4 aromatic rings. The van der Waals surface area contributed by atoms with Crippen LogP contribution in [0.1, 0.15) is 105 Å². The first-order valence-electron chi connectivity index (χ1n) is 21.1. The summed E-state index contributed by atoms with van der Waals surface area (Å²) < 4.78 is 27.6. The van der Waals surface area contributed by atoms with Gasteiger partial charge in [-0.1, -0.05) is 12.1 Å². The summed E-state index contributed by atoms with van der Waals surface area (Å²) in [6, 6.07) is 9.01. The van der Waals surface area contributed by atoms with Crippen LogP contribution in [0.5, 0.6) is 0 Å². The number of carbonyl (C=O) groups is 4. The number of hydrogen-bond donors (Lipinski definition) is 5. The monoisotopic (exact) mass is 872 g/mol. The minimum atomic E-state index is -0.787. The molecule has 0 bridgehead atoms. The van der Waals surface area contributed by atoms with E-state index in [0.29, 0.717) is 44.2 Å². The van der Waals surface area contributed by atoms with E-state index in [1.165, 1.54) is 24.3 Å². The van der Waals surface area contributed by atoms with Gasteiger partial charge in [0.15, 0.2) is 0 Å². The third-order valence-electron chi connectivity index (χ3n) is 11.4. The Morgan fingerprint density at radius 3 is 1.43 bits per heavy atom. The van der Waals surface area contributed by atoms with Gasteiger partial charge in [-0.05, 0) is 145 Å². The van der Waals surface area contributed by atoms with E-state index in [4.69, 9.17) is 22.3 Å². The lowest BCUT2D eigenvalue weighted by Crippen LogP contribution is -2.42. The van der Waals surface area contributed by atoms with Gasteiger partial charge in [0.2, 0.25) is 5.91 Å². The second-order valence-corrected chi connectivity index (χ2v) is 16.9. The van der Waals surface area contributed by atoms with E-state index in [1.54, 1.807) is 24.5 Å². The summed E-state index contributed by atoms with van der Waals surface area (Å²) in [7, 11) is 7.68. The third-order valence-corrected chi connectivity index (χ3v) is 11.4. The largest absolute Gasteiger partial charge is 0.481 e. The van der Waals surface area contributed by atoms with E-state index < -0.39 is 29.4 Å². The van der Waals surface area contributed by atoms with E-state index in [9.17, 15) is 28.0 Å². The summed E-state index contributed by atoms with van der Waals surface area (Å²) in [5, 5.41) is 11.9. The lowest BCUT2D eigenvalue weighted by molar-refractivity contribution is -0.137. The average Bonchev–Trinajstić information content (AvgIpc) is 4.16. The van der Waals surface area contributed by atoms with Crippen molar-refractivity contribution in [3.05, 3.63) is 118 Å². The number of benzene rings is 2. The number of rotatable bonds is 19. The van der Waals surface area contributed by atoms with Crippen molar-refractivity contribution >= 4 is 23.7 Å². The van der Waals surface area contributed by atoms with Gasteiger partial charge in [0.25, 0.3) is 11.8 Å². The van der Waals surface area contributed by atoms with E-state index in [-0.39, 0.29) is 47.4 Å². The molecule has 4 atom stereocenters. The van der Waals surface area contributed by atoms with Crippen LogP contribution in [0.3, 0.4) is 0 Å². The molecule has 340 valence electrons. The molecule has 2 saturated carbocycles. The molecule has 0 radical (unpaired) electrons. The molecule has 2 heterocycles. The number of primary amides is 2. The highest BCUT2D eigenvalue weighted by Crippen LogP contribution is 2.45. The molecule has 2 aliphatic rings. The SMILES string of the molecule is CN(C)[C@H](CN)Cc1ccc(C(N)=O)c(F)c1.Cc1ncc([C@@H](CC(=O)NC[C@H](Cc2ccc(C(N)=O)c(F)c2)N(C)C)C2CC2)cn1.Cc1ncc([C@@H](CC(=O)O)C2CC2)cn1. The van der Waals surface area contributed by atoms with Gasteiger partial charge >= 0.3 is 5.97 Å². The molecule has 8 N–H and O–H groups in total. The Kier molecular flexibility index (Phi) is 18.7. The number of aliphatic carboxylic acids is 1. The fourth-order valence-corrected chi connectivity index (χ4v) is 7.22. The van der Waals surface area contributed by atoms with Crippen LogP contribution in [-0.2, 0) is 22.4 Å². The second-order valence-electron chi connectivity index (χ2n) is 16.9. The van der Waals surface area contributed by atoms with Gasteiger partial charge < -0.3 is 37.4 Å². The molecule has 0 unspecified atom stereocenters. The Hall–Kier alpha value is -5.78. The summed E-state index contributed by atoms with van der Waals surface area (Å²) in [6.07, 6.45) is 13.4. The summed E-state index contributed by atoms with van der Waals surface area (Å²) in [6.45, 7) is 4.60. The van der Waals surface area contributed by atoms with Crippen LogP contribution in [0.15, 0.2) is 61.2 Å². The first-order valence-corrected chi connectivity index (χ1v) is 21.1.